The quantitative estimate of drug-likeness (QED) is 0.474. The Labute approximate surface area is 150 Å². The summed E-state index contributed by atoms with van der Waals surface area (Å²) >= 11 is 11.5. The van der Waals surface area contributed by atoms with Gasteiger partial charge in [-0.2, -0.15) is 0 Å². The van der Waals surface area contributed by atoms with Gasteiger partial charge in [-0.1, -0.05) is 35.9 Å². The van der Waals surface area contributed by atoms with E-state index < -0.39 is 4.92 Å². The molecule has 0 unspecified atom stereocenters. The number of halogens is 1. The molecule has 2 aromatic rings. The third kappa shape index (κ3) is 3.66. The highest BCUT2D eigenvalue weighted by molar-refractivity contribution is 7.80. The van der Waals surface area contributed by atoms with Crippen molar-refractivity contribution < 1.29 is 4.92 Å². The van der Waals surface area contributed by atoms with Crippen molar-refractivity contribution in [2.45, 2.75) is 25.3 Å². The molecule has 0 aliphatic heterocycles. The molecular weight excluding hydrogens is 346 g/mol. The van der Waals surface area contributed by atoms with E-state index in [2.05, 4.69) is 22.8 Å². The maximum Gasteiger partial charge on any atom is 0.271 e. The number of non-ortho nitro benzene ring substituents is 1. The number of anilines is 1. The number of hydrogen-bond donors (Lipinski definition) is 2. The van der Waals surface area contributed by atoms with E-state index in [-0.39, 0.29) is 11.7 Å². The van der Waals surface area contributed by atoms with E-state index in [4.69, 9.17) is 23.8 Å². The molecule has 0 bridgehead atoms. The van der Waals surface area contributed by atoms with Crippen molar-refractivity contribution in [3.8, 4) is 0 Å². The summed E-state index contributed by atoms with van der Waals surface area (Å²) in [6, 6.07) is 12.7. The number of rotatable bonds is 3. The number of benzene rings is 2. The molecule has 124 valence electrons. The molecule has 5 nitrogen and oxygen atoms in total. The predicted octanol–water partition coefficient (Wildman–Crippen LogP) is 4.61. The maximum absolute atomic E-state index is 10.9. The van der Waals surface area contributed by atoms with Crippen LogP contribution in [-0.2, 0) is 6.42 Å². The van der Waals surface area contributed by atoms with Crippen molar-refractivity contribution >= 4 is 40.3 Å². The minimum absolute atomic E-state index is 0.0345. The van der Waals surface area contributed by atoms with Crippen LogP contribution in [0.25, 0.3) is 0 Å². The van der Waals surface area contributed by atoms with Gasteiger partial charge in [-0.15, -0.1) is 0 Å². The Morgan fingerprint density at radius 3 is 2.88 bits per heavy atom. The molecule has 0 fully saturated rings. The topological polar surface area (TPSA) is 67.2 Å². The molecule has 0 radical (unpaired) electrons. The highest BCUT2D eigenvalue weighted by Gasteiger charge is 2.20. The second-order valence-corrected chi connectivity index (χ2v) is 6.48. The number of thiocarbonyl (C=S) groups is 1. The molecule has 1 atom stereocenters. The Morgan fingerprint density at radius 1 is 1.29 bits per heavy atom. The van der Waals surface area contributed by atoms with Gasteiger partial charge in [0.1, 0.15) is 0 Å². The molecular formula is C17H16ClN3O2S. The Bertz CT molecular complexity index is 797. The Balaban J connectivity index is 1.73. The third-order valence-electron chi connectivity index (χ3n) is 4.08. The first-order valence-corrected chi connectivity index (χ1v) is 8.42. The maximum atomic E-state index is 10.9. The fraction of sp³-hybridized carbons (Fsp3) is 0.235. The second kappa shape index (κ2) is 7.15. The highest BCUT2D eigenvalue weighted by Crippen LogP contribution is 2.30. The van der Waals surface area contributed by atoms with E-state index in [0.29, 0.717) is 15.8 Å². The zero-order valence-electron chi connectivity index (χ0n) is 12.8. The van der Waals surface area contributed by atoms with Crippen LogP contribution < -0.4 is 10.6 Å². The fourth-order valence-electron chi connectivity index (χ4n) is 2.94. The zero-order chi connectivity index (χ0) is 17.1. The smallest absolute Gasteiger partial charge is 0.271 e. The van der Waals surface area contributed by atoms with Crippen molar-refractivity contribution in [1.82, 2.24) is 5.32 Å². The van der Waals surface area contributed by atoms with E-state index in [1.54, 1.807) is 0 Å². The van der Waals surface area contributed by atoms with Gasteiger partial charge in [-0.05, 0) is 48.7 Å². The number of nitro benzene ring substituents is 1. The van der Waals surface area contributed by atoms with Crippen molar-refractivity contribution in [3.63, 3.8) is 0 Å². The lowest BCUT2D eigenvalue weighted by Crippen LogP contribution is -2.34. The van der Waals surface area contributed by atoms with E-state index in [1.165, 1.54) is 29.3 Å². The Morgan fingerprint density at radius 2 is 2.08 bits per heavy atom. The van der Waals surface area contributed by atoms with E-state index in [1.807, 2.05) is 12.1 Å². The molecule has 0 amide bonds. The lowest BCUT2D eigenvalue weighted by Gasteiger charge is -2.27. The predicted molar refractivity (Wildman–Crippen MR) is 99.6 cm³/mol. The summed E-state index contributed by atoms with van der Waals surface area (Å²) in [5.41, 5.74) is 2.97. The summed E-state index contributed by atoms with van der Waals surface area (Å²) < 4.78 is 0. The van der Waals surface area contributed by atoms with Gasteiger partial charge < -0.3 is 10.6 Å². The molecule has 2 aromatic carbocycles. The van der Waals surface area contributed by atoms with Crippen molar-refractivity contribution in [2.75, 3.05) is 5.32 Å². The van der Waals surface area contributed by atoms with Crippen LogP contribution in [0.2, 0.25) is 5.02 Å². The van der Waals surface area contributed by atoms with Crippen LogP contribution in [0.4, 0.5) is 11.4 Å². The minimum atomic E-state index is -0.463. The average molecular weight is 362 g/mol. The second-order valence-electron chi connectivity index (χ2n) is 5.66. The van der Waals surface area contributed by atoms with Crippen LogP contribution in [-0.4, -0.2) is 10.0 Å². The monoisotopic (exact) mass is 361 g/mol. The number of nitro groups is 1. The summed E-state index contributed by atoms with van der Waals surface area (Å²) in [5.74, 6) is 0. The zero-order valence-corrected chi connectivity index (χ0v) is 14.4. The van der Waals surface area contributed by atoms with Crippen molar-refractivity contribution in [3.05, 3.63) is 68.7 Å². The van der Waals surface area contributed by atoms with E-state index in [0.717, 1.165) is 19.3 Å². The van der Waals surface area contributed by atoms with Crippen LogP contribution in [0.15, 0.2) is 42.5 Å². The summed E-state index contributed by atoms with van der Waals surface area (Å²) in [6.07, 6.45) is 3.15. The van der Waals surface area contributed by atoms with Crippen LogP contribution in [0, 0.1) is 10.1 Å². The van der Waals surface area contributed by atoms with Crippen LogP contribution in [0.3, 0.4) is 0 Å². The van der Waals surface area contributed by atoms with Gasteiger partial charge in [0.2, 0.25) is 0 Å². The molecule has 2 N–H and O–H groups in total. The number of nitrogens with zero attached hydrogens (tertiary/aromatic N) is 1. The lowest BCUT2D eigenvalue weighted by molar-refractivity contribution is -0.384. The van der Waals surface area contributed by atoms with Crippen molar-refractivity contribution in [1.29, 1.82) is 0 Å². The minimum Gasteiger partial charge on any atom is -0.356 e. The summed E-state index contributed by atoms with van der Waals surface area (Å²) in [5, 5.41) is 17.9. The lowest BCUT2D eigenvalue weighted by atomic mass is 9.88. The van der Waals surface area contributed by atoms with Crippen LogP contribution in [0.1, 0.15) is 30.0 Å². The fourth-order valence-corrected chi connectivity index (χ4v) is 3.36. The van der Waals surface area contributed by atoms with Crippen molar-refractivity contribution in [2.24, 2.45) is 0 Å². The van der Waals surface area contributed by atoms with E-state index >= 15 is 0 Å². The molecule has 3 rings (SSSR count). The summed E-state index contributed by atoms with van der Waals surface area (Å²) in [7, 11) is 0. The van der Waals surface area contributed by atoms with Gasteiger partial charge in [0.05, 0.1) is 21.7 Å². The highest BCUT2D eigenvalue weighted by atomic mass is 35.5. The van der Waals surface area contributed by atoms with Gasteiger partial charge in [0.25, 0.3) is 5.69 Å². The molecule has 1 aliphatic rings. The average Bonchev–Trinajstić information content (AvgIpc) is 2.57. The summed E-state index contributed by atoms with van der Waals surface area (Å²) in [6.45, 7) is 0. The van der Waals surface area contributed by atoms with Gasteiger partial charge in [-0.3, -0.25) is 10.1 Å². The number of hydrogen-bond acceptors (Lipinski definition) is 3. The molecule has 1 aliphatic carbocycles. The third-order valence-corrected chi connectivity index (χ3v) is 4.63. The largest absolute Gasteiger partial charge is 0.356 e. The molecule has 0 saturated carbocycles. The van der Waals surface area contributed by atoms with Gasteiger partial charge >= 0.3 is 0 Å². The van der Waals surface area contributed by atoms with E-state index in [9.17, 15) is 10.1 Å². The van der Waals surface area contributed by atoms with Gasteiger partial charge in [-0.25, -0.2) is 0 Å². The van der Waals surface area contributed by atoms with Gasteiger partial charge in [0.15, 0.2) is 5.11 Å². The SMILES string of the molecule is O=[N+]([O-])c1ccc(Cl)c(NC(=S)N[C@@H]2CCCc3ccccc32)c1. The molecule has 0 heterocycles. The molecule has 0 aromatic heterocycles. The Kier molecular flexibility index (Phi) is 4.97. The first-order chi connectivity index (χ1) is 11.5. The van der Waals surface area contributed by atoms with Gasteiger partial charge in [0, 0.05) is 12.1 Å². The molecule has 0 spiro atoms. The first-order valence-electron chi connectivity index (χ1n) is 7.64. The number of aryl methyl sites for hydroxylation is 1. The van der Waals surface area contributed by atoms with Crippen LogP contribution >= 0.6 is 23.8 Å². The molecule has 24 heavy (non-hydrogen) atoms. The Hall–Kier alpha value is -2.18. The molecule has 7 heteroatoms. The first kappa shape index (κ1) is 16.7. The summed E-state index contributed by atoms with van der Waals surface area (Å²) in [4.78, 5) is 10.4. The number of fused-ring (bicyclic) bond motifs is 1. The normalized spacial score (nSPS) is 16.1. The standard InChI is InChI=1S/C17H16ClN3O2S/c18-14-9-8-12(21(22)23)10-16(14)20-17(24)19-15-7-3-5-11-4-1-2-6-13(11)15/h1-2,4,6,8-10,15H,3,5,7H2,(H2,19,20,24)/t15-/m1/s1. The molecule has 0 saturated heterocycles. The number of nitrogens with one attached hydrogen (secondary N) is 2. The van der Waals surface area contributed by atoms with Crippen LogP contribution in [0.5, 0.6) is 0 Å².